The molecule has 0 spiro atoms. The fourth-order valence-electron chi connectivity index (χ4n) is 1.83. The first-order valence-electron chi connectivity index (χ1n) is 7.37. The maximum atomic E-state index is 12.1. The lowest BCUT2D eigenvalue weighted by Crippen LogP contribution is -2.22. The van der Waals surface area contributed by atoms with E-state index < -0.39 is 18.5 Å². The van der Waals surface area contributed by atoms with Crippen LogP contribution in [-0.2, 0) is 14.3 Å². The van der Waals surface area contributed by atoms with Crippen molar-refractivity contribution in [2.24, 2.45) is 0 Å². The minimum atomic E-state index is -0.696. The number of pyridine rings is 1. The van der Waals surface area contributed by atoms with Gasteiger partial charge in [-0.3, -0.25) is 9.59 Å². The first-order chi connectivity index (χ1) is 11.6. The molecule has 2 aromatic rings. The molecule has 1 aromatic heterocycles. The lowest BCUT2D eigenvalue weighted by molar-refractivity contribution is -0.119. The van der Waals surface area contributed by atoms with Crippen molar-refractivity contribution in [2.45, 2.75) is 13.3 Å². The van der Waals surface area contributed by atoms with Crippen LogP contribution in [0.15, 0.2) is 48.7 Å². The summed E-state index contributed by atoms with van der Waals surface area (Å²) < 4.78 is 4.99. The molecule has 0 fully saturated rings. The molecule has 0 radical (unpaired) electrons. The smallest absolute Gasteiger partial charge is 0.340 e. The zero-order valence-corrected chi connectivity index (χ0v) is 13.1. The highest BCUT2D eigenvalue weighted by molar-refractivity contribution is 6.02. The van der Waals surface area contributed by atoms with Crippen molar-refractivity contribution in [3.8, 4) is 0 Å². The van der Waals surface area contributed by atoms with Crippen LogP contribution in [0.3, 0.4) is 0 Å². The monoisotopic (exact) mass is 327 g/mol. The normalized spacial score (nSPS) is 9.88. The number of benzene rings is 1. The van der Waals surface area contributed by atoms with Crippen LogP contribution in [0.25, 0.3) is 0 Å². The number of nitrogens with one attached hydrogen (secondary N) is 2. The van der Waals surface area contributed by atoms with Gasteiger partial charge in [0.25, 0.3) is 5.91 Å². The summed E-state index contributed by atoms with van der Waals surface area (Å²) >= 11 is 0. The lowest BCUT2D eigenvalue weighted by atomic mass is 10.1. The second kappa shape index (κ2) is 8.42. The van der Waals surface area contributed by atoms with Gasteiger partial charge in [-0.05, 0) is 24.3 Å². The van der Waals surface area contributed by atoms with E-state index in [0.29, 0.717) is 11.5 Å². The Morgan fingerprint density at radius 1 is 1.00 bits per heavy atom. The molecule has 2 rings (SSSR count). The van der Waals surface area contributed by atoms with Crippen molar-refractivity contribution < 1.29 is 19.1 Å². The van der Waals surface area contributed by atoms with E-state index >= 15 is 0 Å². The predicted octanol–water partition coefficient (Wildman–Crippen LogP) is 2.23. The van der Waals surface area contributed by atoms with Crippen LogP contribution in [0, 0.1) is 0 Å². The van der Waals surface area contributed by atoms with Crippen molar-refractivity contribution in [1.82, 2.24) is 4.98 Å². The zero-order valence-electron chi connectivity index (χ0n) is 13.1. The molecule has 1 aromatic carbocycles. The summed E-state index contributed by atoms with van der Waals surface area (Å²) in [5.74, 6) is -1.05. The highest BCUT2D eigenvalue weighted by Gasteiger charge is 2.15. The molecule has 7 nitrogen and oxygen atoms in total. The van der Waals surface area contributed by atoms with Crippen molar-refractivity contribution in [3.63, 3.8) is 0 Å². The second-order valence-electron chi connectivity index (χ2n) is 4.79. The number of amides is 2. The molecule has 0 saturated carbocycles. The largest absolute Gasteiger partial charge is 0.452 e. The Bertz CT molecular complexity index is 732. The molecule has 0 aliphatic rings. The van der Waals surface area contributed by atoms with Crippen LogP contribution in [-0.4, -0.2) is 29.4 Å². The van der Waals surface area contributed by atoms with Crippen LogP contribution >= 0.6 is 0 Å². The molecule has 0 unspecified atom stereocenters. The van der Waals surface area contributed by atoms with Crippen molar-refractivity contribution in [3.05, 3.63) is 54.2 Å². The fraction of sp³-hybridized carbons (Fsp3) is 0.176. The number of carbonyl (C=O) groups is 3. The number of rotatable bonds is 6. The number of carbonyl (C=O) groups excluding carboxylic acids is 3. The highest BCUT2D eigenvalue weighted by Crippen LogP contribution is 2.16. The minimum Gasteiger partial charge on any atom is -0.452 e. The lowest BCUT2D eigenvalue weighted by Gasteiger charge is -2.10. The number of hydrogen-bond acceptors (Lipinski definition) is 5. The Labute approximate surface area is 139 Å². The van der Waals surface area contributed by atoms with Gasteiger partial charge in [0.2, 0.25) is 5.91 Å². The molecule has 2 N–H and O–H groups in total. The molecular formula is C17H17N3O4. The van der Waals surface area contributed by atoms with E-state index in [4.69, 9.17) is 4.74 Å². The number of hydrogen-bond donors (Lipinski definition) is 2. The zero-order chi connectivity index (χ0) is 17.4. The van der Waals surface area contributed by atoms with Gasteiger partial charge in [-0.15, -0.1) is 0 Å². The van der Waals surface area contributed by atoms with E-state index in [2.05, 4.69) is 15.6 Å². The topological polar surface area (TPSA) is 97.4 Å². The molecular weight excluding hydrogens is 310 g/mol. The van der Waals surface area contributed by atoms with Crippen LogP contribution in [0.2, 0.25) is 0 Å². The van der Waals surface area contributed by atoms with E-state index in [-0.39, 0.29) is 17.9 Å². The summed E-state index contributed by atoms with van der Waals surface area (Å²) in [5, 5.41) is 5.13. The van der Waals surface area contributed by atoms with Gasteiger partial charge in [0, 0.05) is 12.6 Å². The molecule has 2 amide bonds. The van der Waals surface area contributed by atoms with Gasteiger partial charge in [-0.25, -0.2) is 9.78 Å². The molecule has 0 bridgehead atoms. The molecule has 24 heavy (non-hydrogen) atoms. The van der Waals surface area contributed by atoms with E-state index in [1.54, 1.807) is 43.3 Å². The third kappa shape index (κ3) is 4.91. The van der Waals surface area contributed by atoms with E-state index in [9.17, 15) is 14.4 Å². The van der Waals surface area contributed by atoms with E-state index in [1.165, 1.54) is 12.3 Å². The molecule has 0 saturated heterocycles. The van der Waals surface area contributed by atoms with Gasteiger partial charge in [0.1, 0.15) is 5.82 Å². The maximum absolute atomic E-state index is 12.1. The first-order valence-corrected chi connectivity index (χ1v) is 7.37. The van der Waals surface area contributed by atoms with Gasteiger partial charge >= 0.3 is 5.97 Å². The van der Waals surface area contributed by atoms with Gasteiger partial charge in [-0.1, -0.05) is 25.1 Å². The van der Waals surface area contributed by atoms with Crippen LogP contribution in [0.1, 0.15) is 23.7 Å². The predicted molar refractivity (Wildman–Crippen MR) is 88.5 cm³/mol. The average Bonchev–Trinajstić information content (AvgIpc) is 2.61. The average molecular weight is 327 g/mol. The first kappa shape index (κ1) is 17.1. The van der Waals surface area contributed by atoms with Gasteiger partial charge < -0.3 is 15.4 Å². The quantitative estimate of drug-likeness (QED) is 0.793. The summed E-state index contributed by atoms with van der Waals surface area (Å²) in [6, 6.07) is 11.5. The van der Waals surface area contributed by atoms with Gasteiger partial charge in [0.15, 0.2) is 6.61 Å². The van der Waals surface area contributed by atoms with Gasteiger partial charge in [0.05, 0.1) is 11.3 Å². The SMILES string of the molecule is CCC(=O)Nc1ccccc1C(=O)OCC(=O)Nc1ccccn1. The number of anilines is 2. The fourth-order valence-corrected chi connectivity index (χ4v) is 1.83. The number of nitrogens with zero attached hydrogens (tertiary/aromatic N) is 1. The summed E-state index contributed by atoms with van der Waals surface area (Å²) in [5.41, 5.74) is 0.532. The molecule has 124 valence electrons. The van der Waals surface area contributed by atoms with Crippen LogP contribution in [0.4, 0.5) is 11.5 Å². The van der Waals surface area contributed by atoms with Gasteiger partial charge in [-0.2, -0.15) is 0 Å². The van der Waals surface area contributed by atoms with Crippen molar-refractivity contribution in [1.29, 1.82) is 0 Å². The summed E-state index contributed by atoms with van der Waals surface area (Å²) in [4.78, 5) is 39.3. The van der Waals surface area contributed by atoms with E-state index in [0.717, 1.165) is 0 Å². The Balaban J connectivity index is 1.95. The maximum Gasteiger partial charge on any atom is 0.340 e. The summed E-state index contributed by atoms with van der Waals surface area (Å²) in [7, 11) is 0. The molecule has 0 aliphatic heterocycles. The standard InChI is InChI=1S/C17H17N3O4/c1-2-15(21)19-13-8-4-3-7-12(13)17(23)24-11-16(22)20-14-9-5-6-10-18-14/h3-10H,2,11H2,1H3,(H,19,21)(H,18,20,22). The number of aromatic nitrogens is 1. The Hall–Kier alpha value is -3.22. The molecule has 7 heteroatoms. The Morgan fingerprint density at radius 3 is 2.46 bits per heavy atom. The van der Waals surface area contributed by atoms with Crippen LogP contribution in [0.5, 0.6) is 0 Å². The molecule has 0 aliphatic carbocycles. The van der Waals surface area contributed by atoms with Crippen molar-refractivity contribution in [2.75, 3.05) is 17.2 Å². The number of esters is 1. The minimum absolute atomic E-state index is 0.185. The Kier molecular flexibility index (Phi) is 6.01. The third-order valence-electron chi connectivity index (χ3n) is 3.01. The third-order valence-corrected chi connectivity index (χ3v) is 3.01. The number of para-hydroxylation sites is 1. The molecule has 0 atom stereocenters. The number of ether oxygens (including phenoxy) is 1. The highest BCUT2D eigenvalue weighted by atomic mass is 16.5. The Morgan fingerprint density at radius 2 is 1.75 bits per heavy atom. The van der Waals surface area contributed by atoms with Crippen molar-refractivity contribution >= 4 is 29.3 Å². The van der Waals surface area contributed by atoms with E-state index in [1.807, 2.05) is 0 Å². The van der Waals surface area contributed by atoms with Crippen LogP contribution < -0.4 is 10.6 Å². The summed E-state index contributed by atoms with van der Waals surface area (Å²) in [6.45, 7) is 1.25. The molecule has 1 heterocycles. The summed E-state index contributed by atoms with van der Waals surface area (Å²) in [6.07, 6.45) is 1.82. The second-order valence-corrected chi connectivity index (χ2v) is 4.79.